The molecule has 0 aromatic heterocycles. The van der Waals surface area contributed by atoms with E-state index in [1.165, 1.54) is 12.8 Å². The molecular weight excluding hydrogens is 272 g/mol. The summed E-state index contributed by atoms with van der Waals surface area (Å²) < 4.78 is 0. The minimum Gasteiger partial charge on any atom is -0.325 e. The van der Waals surface area contributed by atoms with E-state index in [4.69, 9.17) is 11.6 Å². The maximum Gasteiger partial charge on any atom is 0.224 e. The molecule has 2 fully saturated rings. The molecule has 1 saturated heterocycles. The third kappa shape index (κ3) is 3.53. The lowest BCUT2D eigenvalue weighted by molar-refractivity contribution is -0.117. The third-order valence-electron chi connectivity index (χ3n) is 4.33. The van der Waals surface area contributed by atoms with Crippen LogP contribution in [0.5, 0.6) is 0 Å². The number of benzene rings is 1. The molecule has 20 heavy (non-hydrogen) atoms. The van der Waals surface area contributed by atoms with Gasteiger partial charge in [0.2, 0.25) is 5.91 Å². The van der Waals surface area contributed by atoms with Gasteiger partial charge in [0, 0.05) is 12.5 Å². The van der Waals surface area contributed by atoms with Gasteiger partial charge in [-0.3, -0.25) is 4.79 Å². The molecule has 0 radical (unpaired) electrons. The zero-order valence-corrected chi connectivity index (χ0v) is 12.4. The SMILES string of the molecule is O=C(CC1CCN(C2CC2)CC1)Nc1ccccc1Cl. The van der Waals surface area contributed by atoms with Crippen LogP contribution in [0.3, 0.4) is 0 Å². The van der Waals surface area contributed by atoms with E-state index in [-0.39, 0.29) is 5.91 Å². The average Bonchev–Trinajstić information content (AvgIpc) is 3.27. The minimum atomic E-state index is 0.0861. The maximum absolute atomic E-state index is 12.1. The summed E-state index contributed by atoms with van der Waals surface area (Å²) in [5.41, 5.74) is 0.717. The minimum absolute atomic E-state index is 0.0861. The van der Waals surface area contributed by atoms with Gasteiger partial charge < -0.3 is 10.2 Å². The lowest BCUT2D eigenvalue weighted by Crippen LogP contribution is -2.36. The summed E-state index contributed by atoms with van der Waals surface area (Å²) in [6.45, 7) is 2.32. The van der Waals surface area contributed by atoms with Crippen molar-refractivity contribution in [1.82, 2.24) is 4.90 Å². The van der Waals surface area contributed by atoms with Gasteiger partial charge in [0.05, 0.1) is 10.7 Å². The fraction of sp³-hybridized carbons (Fsp3) is 0.562. The molecule has 1 N–H and O–H groups in total. The van der Waals surface area contributed by atoms with Gasteiger partial charge in [-0.05, 0) is 56.8 Å². The molecule has 1 heterocycles. The average molecular weight is 293 g/mol. The van der Waals surface area contributed by atoms with Crippen LogP contribution in [0.4, 0.5) is 5.69 Å². The first-order chi connectivity index (χ1) is 9.72. The van der Waals surface area contributed by atoms with Crippen LogP contribution in [0.25, 0.3) is 0 Å². The van der Waals surface area contributed by atoms with Gasteiger partial charge in [0.1, 0.15) is 0 Å². The number of nitrogens with one attached hydrogen (secondary N) is 1. The summed E-state index contributed by atoms with van der Waals surface area (Å²) in [5, 5.41) is 3.52. The van der Waals surface area contributed by atoms with Crippen LogP contribution in [-0.4, -0.2) is 29.9 Å². The van der Waals surface area contributed by atoms with Crippen molar-refractivity contribution >= 4 is 23.2 Å². The molecule has 0 atom stereocenters. The summed E-state index contributed by atoms with van der Waals surface area (Å²) in [5.74, 6) is 0.607. The third-order valence-corrected chi connectivity index (χ3v) is 4.66. The summed E-state index contributed by atoms with van der Waals surface area (Å²) in [6.07, 6.45) is 5.65. The molecule has 1 aromatic rings. The molecule has 0 bridgehead atoms. The van der Waals surface area contributed by atoms with E-state index in [1.807, 2.05) is 18.2 Å². The summed E-state index contributed by atoms with van der Waals surface area (Å²) in [7, 11) is 0. The Morgan fingerprint density at radius 3 is 2.55 bits per heavy atom. The largest absolute Gasteiger partial charge is 0.325 e. The first kappa shape index (κ1) is 13.9. The highest BCUT2D eigenvalue weighted by Gasteiger charge is 2.32. The van der Waals surface area contributed by atoms with Crippen molar-refractivity contribution in [2.24, 2.45) is 5.92 Å². The number of piperidine rings is 1. The standard InChI is InChI=1S/C16H21ClN2O/c17-14-3-1-2-4-15(14)18-16(20)11-12-7-9-19(10-8-12)13-5-6-13/h1-4,12-13H,5-11H2,(H,18,20). The molecule has 108 valence electrons. The van der Waals surface area contributed by atoms with Gasteiger partial charge >= 0.3 is 0 Å². The monoisotopic (exact) mass is 292 g/mol. The first-order valence-electron chi connectivity index (χ1n) is 7.51. The lowest BCUT2D eigenvalue weighted by Gasteiger charge is -2.31. The van der Waals surface area contributed by atoms with Crippen molar-refractivity contribution in [1.29, 1.82) is 0 Å². The smallest absolute Gasteiger partial charge is 0.224 e. The second-order valence-electron chi connectivity index (χ2n) is 5.94. The number of likely N-dealkylation sites (tertiary alicyclic amines) is 1. The molecule has 2 aliphatic rings. The van der Waals surface area contributed by atoms with E-state index in [0.717, 1.165) is 37.7 Å². The summed E-state index contributed by atoms with van der Waals surface area (Å²) >= 11 is 6.05. The van der Waals surface area contributed by atoms with Crippen molar-refractivity contribution in [3.63, 3.8) is 0 Å². The first-order valence-corrected chi connectivity index (χ1v) is 7.88. The molecule has 0 unspecified atom stereocenters. The Balaban J connectivity index is 1.46. The number of rotatable bonds is 4. The predicted molar refractivity (Wildman–Crippen MR) is 82.0 cm³/mol. The molecular formula is C16H21ClN2O. The number of nitrogens with zero attached hydrogens (tertiary/aromatic N) is 1. The van der Waals surface area contributed by atoms with Gasteiger partial charge in [-0.2, -0.15) is 0 Å². The van der Waals surface area contributed by atoms with Gasteiger partial charge in [-0.1, -0.05) is 23.7 Å². The Bertz CT molecular complexity index is 479. The van der Waals surface area contributed by atoms with E-state index in [1.54, 1.807) is 6.07 Å². The molecule has 1 amide bonds. The normalized spacial score (nSPS) is 20.9. The fourth-order valence-electron chi connectivity index (χ4n) is 2.99. The number of amides is 1. The van der Waals surface area contributed by atoms with Crippen molar-refractivity contribution in [3.05, 3.63) is 29.3 Å². The zero-order valence-electron chi connectivity index (χ0n) is 11.6. The number of carbonyl (C=O) groups is 1. The highest BCUT2D eigenvalue weighted by Crippen LogP contribution is 2.32. The topological polar surface area (TPSA) is 32.3 Å². The number of anilines is 1. The van der Waals surface area contributed by atoms with Crippen molar-refractivity contribution in [3.8, 4) is 0 Å². The predicted octanol–water partition coefficient (Wildman–Crippen LogP) is 3.54. The maximum atomic E-state index is 12.1. The molecule has 3 nitrogen and oxygen atoms in total. The Kier molecular flexibility index (Phi) is 4.27. The number of para-hydroxylation sites is 1. The molecule has 4 heteroatoms. The van der Waals surface area contributed by atoms with Gasteiger partial charge in [-0.25, -0.2) is 0 Å². The fourth-order valence-corrected chi connectivity index (χ4v) is 3.17. The number of hydrogen-bond donors (Lipinski definition) is 1. The Hall–Kier alpha value is -1.06. The van der Waals surface area contributed by atoms with Crippen molar-refractivity contribution < 1.29 is 4.79 Å². The molecule has 3 rings (SSSR count). The summed E-state index contributed by atoms with van der Waals surface area (Å²) in [4.78, 5) is 14.7. The van der Waals surface area contributed by atoms with E-state index in [9.17, 15) is 4.79 Å². The van der Waals surface area contributed by atoms with E-state index >= 15 is 0 Å². The van der Waals surface area contributed by atoms with Crippen molar-refractivity contribution in [2.75, 3.05) is 18.4 Å². The second-order valence-corrected chi connectivity index (χ2v) is 6.35. The quantitative estimate of drug-likeness (QED) is 0.920. The molecule has 1 aromatic carbocycles. The van der Waals surface area contributed by atoms with Gasteiger partial charge in [0.15, 0.2) is 0 Å². The Morgan fingerprint density at radius 2 is 1.90 bits per heavy atom. The van der Waals surface area contributed by atoms with Crippen LogP contribution in [0.15, 0.2) is 24.3 Å². The Morgan fingerprint density at radius 1 is 1.20 bits per heavy atom. The van der Waals surface area contributed by atoms with E-state index in [2.05, 4.69) is 10.2 Å². The number of hydrogen-bond acceptors (Lipinski definition) is 2. The highest BCUT2D eigenvalue weighted by molar-refractivity contribution is 6.33. The molecule has 1 saturated carbocycles. The Labute approximate surface area is 125 Å². The molecule has 0 spiro atoms. The lowest BCUT2D eigenvalue weighted by atomic mass is 9.93. The second kappa shape index (κ2) is 6.15. The van der Waals surface area contributed by atoms with Gasteiger partial charge in [0.25, 0.3) is 0 Å². The highest BCUT2D eigenvalue weighted by atomic mass is 35.5. The zero-order chi connectivity index (χ0) is 13.9. The van der Waals surface area contributed by atoms with Crippen LogP contribution < -0.4 is 5.32 Å². The van der Waals surface area contributed by atoms with Crippen LogP contribution >= 0.6 is 11.6 Å². The van der Waals surface area contributed by atoms with E-state index in [0.29, 0.717) is 17.4 Å². The van der Waals surface area contributed by atoms with Crippen LogP contribution in [-0.2, 0) is 4.79 Å². The van der Waals surface area contributed by atoms with Crippen LogP contribution in [0.1, 0.15) is 32.1 Å². The van der Waals surface area contributed by atoms with E-state index < -0.39 is 0 Å². The van der Waals surface area contributed by atoms with Crippen LogP contribution in [0.2, 0.25) is 5.02 Å². The van der Waals surface area contributed by atoms with Crippen LogP contribution in [0, 0.1) is 5.92 Å². The number of halogens is 1. The molecule has 1 aliphatic carbocycles. The molecule has 1 aliphatic heterocycles. The number of carbonyl (C=O) groups excluding carboxylic acids is 1. The van der Waals surface area contributed by atoms with Crippen molar-refractivity contribution in [2.45, 2.75) is 38.1 Å². The summed E-state index contributed by atoms with van der Waals surface area (Å²) in [6, 6.07) is 8.25. The van der Waals surface area contributed by atoms with Gasteiger partial charge in [-0.15, -0.1) is 0 Å².